The van der Waals surface area contributed by atoms with Crippen molar-refractivity contribution in [2.45, 2.75) is 6.42 Å². The van der Waals surface area contributed by atoms with E-state index >= 15 is 0 Å². The Morgan fingerprint density at radius 3 is 2.85 bits per heavy atom. The molecule has 0 spiro atoms. The van der Waals surface area contributed by atoms with Gasteiger partial charge in [-0.15, -0.1) is 11.3 Å². The summed E-state index contributed by atoms with van der Waals surface area (Å²) in [5, 5.41) is 6.24. The van der Waals surface area contributed by atoms with Gasteiger partial charge >= 0.3 is 0 Å². The Kier molecular flexibility index (Phi) is 3.52. The maximum Gasteiger partial charge on any atom is 0.138 e. The lowest BCUT2D eigenvalue weighted by Gasteiger charge is -2.08. The molecule has 4 nitrogen and oxygen atoms in total. The molecule has 102 valence electrons. The zero-order valence-electron chi connectivity index (χ0n) is 11.4. The summed E-state index contributed by atoms with van der Waals surface area (Å²) in [7, 11) is 3.56. The van der Waals surface area contributed by atoms with E-state index in [1.165, 1.54) is 0 Å². The van der Waals surface area contributed by atoms with Crippen LogP contribution in [0, 0.1) is 0 Å². The molecule has 2 aromatic heterocycles. The summed E-state index contributed by atoms with van der Waals surface area (Å²) in [5.41, 5.74) is 1.09. The maximum absolute atomic E-state index is 5.38. The fourth-order valence-electron chi connectivity index (χ4n) is 2.19. The number of thiophene rings is 1. The molecule has 0 amide bonds. The van der Waals surface area contributed by atoms with E-state index in [9.17, 15) is 0 Å². The summed E-state index contributed by atoms with van der Waals surface area (Å²) in [5.74, 6) is 2.54. The third kappa shape index (κ3) is 2.32. The molecule has 0 radical (unpaired) electrons. The number of hydrogen-bond donors (Lipinski definition) is 1. The van der Waals surface area contributed by atoms with E-state index in [0.717, 1.165) is 33.2 Å². The van der Waals surface area contributed by atoms with Crippen LogP contribution in [0.25, 0.3) is 10.2 Å². The molecule has 5 heteroatoms. The monoisotopic (exact) mass is 285 g/mol. The number of aromatic nitrogens is 2. The SMILES string of the molecule is CNc1nc(Cc2ccccc2OC)nc2sccc12. The maximum atomic E-state index is 5.38. The van der Waals surface area contributed by atoms with Gasteiger partial charge in [0.25, 0.3) is 0 Å². The molecule has 2 heterocycles. The summed E-state index contributed by atoms with van der Waals surface area (Å²) < 4.78 is 5.38. The summed E-state index contributed by atoms with van der Waals surface area (Å²) in [6, 6.07) is 10.0. The number of hydrogen-bond acceptors (Lipinski definition) is 5. The first kappa shape index (κ1) is 12.9. The van der Waals surface area contributed by atoms with Crippen LogP contribution in [0.1, 0.15) is 11.4 Å². The third-order valence-corrected chi connectivity index (χ3v) is 3.96. The summed E-state index contributed by atoms with van der Waals surface area (Å²) in [6.45, 7) is 0. The molecule has 1 N–H and O–H groups in total. The number of benzene rings is 1. The second-order valence-electron chi connectivity index (χ2n) is 4.37. The highest BCUT2D eigenvalue weighted by atomic mass is 32.1. The predicted octanol–water partition coefficient (Wildman–Crippen LogP) is 3.33. The van der Waals surface area contributed by atoms with Crippen LogP contribution >= 0.6 is 11.3 Å². The third-order valence-electron chi connectivity index (χ3n) is 3.15. The van der Waals surface area contributed by atoms with Crippen molar-refractivity contribution < 1.29 is 4.74 Å². The Morgan fingerprint density at radius 2 is 2.05 bits per heavy atom. The molecule has 0 atom stereocenters. The van der Waals surface area contributed by atoms with Gasteiger partial charge in [-0.05, 0) is 17.5 Å². The van der Waals surface area contributed by atoms with Gasteiger partial charge in [0.2, 0.25) is 0 Å². The Labute approximate surface area is 121 Å². The quantitative estimate of drug-likeness (QED) is 0.798. The second kappa shape index (κ2) is 5.46. The number of fused-ring (bicyclic) bond motifs is 1. The largest absolute Gasteiger partial charge is 0.496 e. The van der Waals surface area contributed by atoms with Crippen LogP contribution in [0.2, 0.25) is 0 Å². The number of nitrogens with one attached hydrogen (secondary N) is 1. The average Bonchev–Trinajstić information content (AvgIpc) is 2.95. The Balaban J connectivity index is 2.02. The van der Waals surface area contributed by atoms with Crippen LogP contribution in [0.3, 0.4) is 0 Å². The van der Waals surface area contributed by atoms with Crippen LogP contribution in [0.5, 0.6) is 5.75 Å². The molecular weight excluding hydrogens is 270 g/mol. The number of ether oxygens (including phenoxy) is 1. The van der Waals surface area contributed by atoms with Crippen LogP contribution in [0.4, 0.5) is 5.82 Å². The van der Waals surface area contributed by atoms with Crippen molar-refractivity contribution in [3.05, 3.63) is 47.1 Å². The molecule has 20 heavy (non-hydrogen) atoms. The van der Waals surface area contributed by atoms with Crippen molar-refractivity contribution in [3.63, 3.8) is 0 Å². The van der Waals surface area contributed by atoms with Gasteiger partial charge in [-0.1, -0.05) is 18.2 Å². The van der Waals surface area contributed by atoms with Gasteiger partial charge in [0.15, 0.2) is 0 Å². The van der Waals surface area contributed by atoms with Gasteiger partial charge in [0.1, 0.15) is 22.2 Å². The van der Waals surface area contributed by atoms with Gasteiger partial charge in [-0.3, -0.25) is 0 Å². The molecular formula is C15H15N3OS. The average molecular weight is 285 g/mol. The molecule has 0 unspecified atom stereocenters. The first-order valence-corrected chi connectivity index (χ1v) is 7.23. The minimum Gasteiger partial charge on any atom is -0.496 e. The molecule has 0 aliphatic heterocycles. The number of methoxy groups -OCH3 is 1. The molecule has 0 saturated heterocycles. The zero-order valence-corrected chi connectivity index (χ0v) is 12.2. The molecule has 0 fully saturated rings. The van der Waals surface area contributed by atoms with Crippen molar-refractivity contribution in [3.8, 4) is 5.75 Å². The number of rotatable bonds is 4. The van der Waals surface area contributed by atoms with E-state index in [2.05, 4.69) is 15.3 Å². The molecule has 0 aliphatic carbocycles. The summed E-state index contributed by atoms with van der Waals surface area (Å²) >= 11 is 1.63. The zero-order chi connectivity index (χ0) is 13.9. The van der Waals surface area contributed by atoms with E-state index in [1.807, 2.05) is 42.8 Å². The first-order valence-electron chi connectivity index (χ1n) is 6.35. The fraction of sp³-hybridized carbons (Fsp3) is 0.200. The second-order valence-corrected chi connectivity index (χ2v) is 5.26. The standard InChI is InChI=1S/C15H15N3OS/c1-16-14-11-7-8-20-15(11)18-13(17-14)9-10-5-3-4-6-12(10)19-2/h3-8H,9H2,1-2H3,(H,16,17,18). The lowest BCUT2D eigenvalue weighted by atomic mass is 10.1. The summed E-state index contributed by atoms with van der Waals surface area (Å²) in [4.78, 5) is 10.2. The fourth-order valence-corrected chi connectivity index (χ4v) is 2.97. The molecule has 3 aromatic rings. The van der Waals surface area contributed by atoms with Crippen molar-refractivity contribution in [2.24, 2.45) is 0 Å². The van der Waals surface area contributed by atoms with Crippen molar-refractivity contribution >= 4 is 27.4 Å². The Hall–Kier alpha value is -2.14. The van der Waals surface area contributed by atoms with E-state index in [4.69, 9.17) is 4.74 Å². The normalized spacial score (nSPS) is 10.7. The van der Waals surface area contributed by atoms with E-state index in [1.54, 1.807) is 18.4 Å². The van der Waals surface area contributed by atoms with Crippen LogP contribution in [0.15, 0.2) is 35.7 Å². The molecule has 0 aliphatic rings. The molecule has 0 saturated carbocycles. The Bertz CT molecular complexity index is 739. The molecule has 3 rings (SSSR count). The van der Waals surface area contributed by atoms with Crippen molar-refractivity contribution in [1.29, 1.82) is 0 Å². The highest BCUT2D eigenvalue weighted by Gasteiger charge is 2.10. The minimum atomic E-state index is 0.659. The lowest BCUT2D eigenvalue weighted by molar-refractivity contribution is 0.410. The molecule has 1 aromatic carbocycles. The Morgan fingerprint density at radius 1 is 1.20 bits per heavy atom. The number of nitrogens with zero attached hydrogens (tertiary/aromatic N) is 2. The highest BCUT2D eigenvalue weighted by molar-refractivity contribution is 7.16. The van der Waals surface area contributed by atoms with E-state index < -0.39 is 0 Å². The minimum absolute atomic E-state index is 0.659. The smallest absolute Gasteiger partial charge is 0.138 e. The van der Waals surface area contributed by atoms with Crippen LogP contribution < -0.4 is 10.1 Å². The van der Waals surface area contributed by atoms with E-state index in [0.29, 0.717) is 6.42 Å². The first-order chi connectivity index (χ1) is 9.81. The predicted molar refractivity (Wildman–Crippen MR) is 82.8 cm³/mol. The van der Waals surface area contributed by atoms with Crippen molar-refractivity contribution in [1.82, 2.24) is 9.97 Å². The van der Waals surface area contributed by atoms with Gasteiger partial charge in [0, 0.05) is 19.0 Å². The van der Waals surface area contributed by atoms with Gasteiger partial charge < -0.3 is 10.1 Å². The van der Waals surface area contributed by atoms with Crippen molar-refractivity contribution in [2.75, 3.05) is 19.5 Å². The summed E-state index contributed by atoms with van der Waals surface area (Å²) in [6.07, 6.45) is 0.659. The highest BCUT2D eigenvalue weighted by Crippen LogP contribution is 2.26. The lowest BCUT2D eigenvalue weighted by Crippen LogP contribution is -2.02. The number of para-hydroxylation sites is 1. The van der Waals surface area contributed by atoms with Crippen LogP contribution in [-0.2, 0) is 6.42 Å². The van der Waals surface area contributed by atoms with E-state index in [-0.39, 0.29) is 0 Å². The van der Waals surface area contributed by atoms with Crippen LogP contribution in [-0.4, -0.2) is 24.1 Å². The molecule has 0 bridgehead atoms. The van der Waals surface area contributed by atoms with Gasteiger partial charge in [-0.25, -0.2) is 9.97 Å². The van der Waals surface area contributed by atoms with Gasteiger partial charge in [0.05, 0.1) is 12.5 Å². The topological polar surface area (TPSA) is 47.0 Å². The van der Waals surface area contributed by atoms with Gasteiger partial charge in [-0.2, -0.15) is 0 Å². The number of anilines is 1.